The van der Waals surface area contributed by atoms with Crippen molar-refractivity contribution in [2.24, 2.45) is 5.73 Å². The molecule has 3 N–H and O–H groups in total. The fourth-order valence-corrected chi connectivity index (χ4v) is 0.865. The Labute approximate surface area is 77.3 Å². The van der Waals surface area contributed by atoms with E-state index in [1.165, 1.54) is 11.3 Å². The van der Waals surface area contributed by atoms with E-state index in [1.54, 1.807) is 5.51 Å². The molecule has 1 aromatic heterocycles. The van der Waals surface area contributed by atoms with Crippen LogP contribution in [-0.4, -0.2) is 15.6 Å². The summed E-state index contributed by atoms with van der Waals surface area (Å²) in [5, 5.41) is 10.2. The zero-order valence-corrected chi connectivity index (χ0v) is 8.56. The van der Waals surface area contributed by atoms with E-state index in [0.29, 0.717) is 0 Å². The first kappa shape index (κ1) is 11.6. The predicted molar refractivity (Wildman–Crippen MR) is 52.0 cm³/mol. The van der Waals surface area contributed by atoms with E-state index in [-0.39, 0.29) is 12.1 Å². The molecule has 0 atom stereocenters. The van der Waals surface area contributed by atoms with E-state index >= 15 is 0 Å². The number of thiazole rings is 1. The number of aliphatic hydroxyl groups is 1. The van der Waals surface area contributed by atoms with Crippen molar-refractivity contribution in [2.45, 2.75) is 32.9 Å². The first-order valence-corrected chi connectivity index (χ1v) is 4.64. The Morgan fingerprint density at radius 3 is 2.25 bits per heavy atom. The Morgan fingerprint density at radius 2 is 2.08 bits per heavy atom. The third kappa shape index (κ3) is 9.55. The monoisotopic (exact) mass is 188 g/mol. The molecule has 0 amide bonds. The molecular weight excluding hydrogens is 172 g/mol. The third-order valence-corrected chi connectivity index (χ3v) is 1.28. The van der Waals surface area contributed by atoms with E-state index in [2.05, 4.69) is 4.98 Å². The molecule has 3 nitrogen and oxygen atoms in total. The van der Waals surface area contributed by atoms with Crippen molar-refractivity contribution in [3.05, 3.63) is 16.6 Å². The van der Waals surface area contributed by atoms with E-state index in [9.17, 15) is 0 Å². The second-order valence-electron chi connectivity index (χ2n) is 3.50. The van der Waals surface area contributed by atoms with Crippen LogP contribution in [0, 0.1) is 0 Å². The molecule has 0 aliphatic carbocycles. The van der Waals surface area contributed by atoms with Gasteiger partial charge in [-0.3, -0.25) is 0 Å². The summed E-state index contributed by atoms with van der Waals surface area (Å²) < 4.78 is 0. The minimum absolute atomic E-state index is 0. The van der Waals surface area contributed by atoms with E-state index in [0.717, 1.165) is 5.69 Å². The molecule has 0 unspecified atom stereocenters. The largest absolute Gasteiger partial charge is 0.390 e. The second-order valence-corrected chi connectivity index (χ2v) is 4.22. The highest BCUT2D eigenvalue weighted by molar-refractivity contribution is 7.07. The van der Waals surface area contributed by atoms with Gasteiger partial charge in [-0.15, -0.1) is 11.3 Å². The number of nitrogens with zero attached hydrogens (tertiary/aromatic N) is 1. The zero-order chi connectivity index (χ0) is 9.61. The maximum atomic E-state index is 8.37. The van der Waals surface area contributed by atoms with Crippen LogP contribution in [0.1, 0.15) is 26.5 Å². The third-order valence-electron chi connectivity index (χ3n) is 0.645. The van der Waals surface area contributed by atoms with Crippen molar-refractivity contribution < 1.29 is 5.11 Å². The van der Waals surface area contributed by atoms with Crippen molar-refractivity contribution in [2.75, 3.05) is 0 Å². The van der Waals surface area contributed by atoms with Gasteiger partial charge in [-0.05, 0) is 20.8 Å². The molecule has 0 fully saturated rings. The average Bonchev–Trinajstić information content (AvgIpc) is 2.33. The van der Waals surface area contributed by atoms with Crippen LogP contribution in [0.3, 0.4) is 0 Å². The summed E-state index contributed by atoms with van der Waals surface area (Å²) >= 11 is 1.49. The molecule has 1 aromatic rings. The lowest BCUT2D eigenvalue weighted by Gasteiger charge is -2.06. The Kier molecular flexibility index (Phi) is 5.04. The summed E-state index contributed by atoms with van der Waals surface area (Å²) in [7, 11) is 0. The fourth-order valence-electron chi connectivity index (χ4n) is 0.316. The highest BCUT2D eigenvalue weighted by atomic mass is 32.1. The van der Waals surface area contributed by atoms with Gasteiger partial charge in [0, 0.05) is 10.9 Å². The Morgan fingerprint density at radius 1 is 1.58 bits per heavy atom. The molecule has 1 rings (SSSR count). The molecule has 0 aromatic carbocycles. The maximum absolute atomic E-state index is 8.37. The van der Waals surface area contributed by atoms with Gasteiger partial charge in [0.25, 0.3) is 0 Å². The van der Waals surface area contributed by atoms with Crippen LogP contribution in [0.25, 0.3) is 0 Å². The van der Waals surface area contributed by atoms with Gasteiger partial charge in [0.15, 0.2) is 0 Å². The lowest BCUT2D eigenvalue weighted by molar-refractivity contribution is 0.277. The lowest BCUT2D eigenvalue weighted by atomic mass is 10.1. The van der Waals surface area contributed by atoms with Crippen LogP contribution < -0.4 is 5.73 Å². The summed E-state index contributed by atoms with van der Waals surface area (Å²) in [6.07, 6.45) is 0. The van der Waals surface area contributed by atoms with Crippen molar-refractivity contribution >= 4 is 11.3 Å². The molecule has 12 heavy (non-hydrogen) atoms. The number of rotatable bonds is 1. The summed E-state index contributed by atoms with van der Waals surface area (Å²) in [5.41, 5.74) is 7.81. The highest BCUT2D eigenvalue weighted by Crippen LogP contribution is 1.98. The SMILES string of the molecule is CC(C)(C)N.OCc1cscn1. The second kappa shape index (κ2) is 5.24. The number of hydrogen-bond acceptors (Lipinski definition) is 4. The van der Waals surface area contributed by atoms with E-state index in [4.69, 9.17) is 10.8 Å². The van der Waals surface area contributed by atoms with Crippen LogP contribution >= 0.6 is 11.3 Å². The molecular formula is C8H16N2OS. The van der Waals surface area contributed by atoms with Crippen molar-refractivity contribution in [3.8, 4) is 0 Å². The standard InChI is InChI=1S/C4H5NOS.C4H11N/c6-1-4-2-7-3-5-4;1-4(2,3)5/h2-3,6H,1H2;5H2,1-3H3. The van der Waals surface area contributed by atoms with E-state index in [1.807, 2.05) is 26.2 Å². The summed E-state index contributed by atoms with van der Waals surface area (Å²) in [6.45, 7) is 5.95. The van der Waals surface area contributed by atoms with Crippen LogP contribution in [-0.2, 0) is 6.61 Å². The van der Waals surface area contributed by atoms with Crippen LogP contribution in [0.4, 0.5) is 0 Å². The normalized spacial score (nSPS) is 10.4. The maximum Gasteiger partial charge on any atom is 0.0861 e. The van der Waals surface area contributed by atoms with Gasteiger partial charge < -0.3 is 10.8 Å². The smallest absolute Gasteiger partial charge is 0.0861 e. The molecule has 0 radical (unpaired) electrons. The highest BCUT2D eigenvalue weighted by Gasteiger charge is 1.95. The van der Waals surface area contributed by atoms with Crippen molar-refractivity contribution in [3.63, 3.8) is 0 Å². The molecule has 4 heteroatoms. The zero-order valence-electron chi connectivity index (χ0n) is 7.74. The van der Waals surface area contributed by atoms with Gasteiger partial charge in [0.1, 0.15) is 0 Å². The van der Waals surface area contributed by atoms with E-state index < -0.39 is 0 Å². The molecule has 70 valence electrons. The van der Waals surface area contributed by atoms with Gasteiger partial charge in [0.05, 0.1) is 17.8 Å². The number of aliphatic hydroxyl groups excluding tert-OH is 1. The number of aromatic nitrogens is 1. The first-order valence-electron chi connectivity index (χ1n) is 3.70. The van der Waals surface area contributed by atoms with Crippen LogP contribution in [0.15, 0.2) is 10.9 Å². The van der Waals surface area contributed by atoms with Gasteiger partial charge in [-0.25, -0.2) is 4.98 Å². The van der Waals surface area contributed by atoms with Gasteiger partial charge in [-0.1, -0.05) is 0 Å². The first-order chi connectivity index (χ1) is 5.43. The summed E-state index contributed by atoms with van der Waals surface area (Å²) in [5.74, 6) is 0. The quantitative estimate of drug-likeness (QED) is 0.700. The molecule has 0 aliphatic rings. The Hall–Kier alpha value is -0.450. The molecule has 1 heterocycles. The summed E-state index contributed by atoms with van der Waals surface area (Å²) in [6, 6.07) is 0. The topological polar surface area (TPSA) is 59.1 Å². The van der Waals surface area contributed by atoms with Crippen molar-refractivity contribution in [1.82, 2.24) is 4.98 Å². The fraction of sp³-hybridized carbons (Fsp3) is 0.625. The molecule has 0 saturated carbocycles. The molecule has 0 bridgehead atoms. The van der Waals surface area contributed by atoms with Gasteiger partial charge in [0.2, 0.25) is 0 Å². The van der Waals surface area contributed by atoms with Gasteiger partial charge >= 0.3 is 0 Å². The number of nitrogens with two attached hydrogens (primary N) is 1. The minimum Gasteiger partial charge on any atom is -0.390 e. The van der Waals surface area contributed by atoms with Crippen LogP contribution in [0.5, 0.6) is 0 Å². The minimum atomic E-state index is 0. The van der Waals surface area contributed by atoms with Gasteiger partial charge in [-0.2, -0.15) is 0 Å². The van der Waals surface area contributed by atoms with Crippen molar-refractivity contribution in [1.29, 1.82) is 0 Å². The Balaban J connectivity index is 0.000000217. The molecule has 0 spiro atoms. The lowest BCUT2D eigenvalue weighted by Crippen LogP contribution is -2.26. The average molecular weight is 188 g/mol. The number of hydrogen-bond donors (Lipinski definition) is 2. The molecule has 0 aliphatic heterocycles. The summed E-state index contributed by atoms with van der Waals surface area (Å²) in [4.78, 5) is 3.80. The predicted octanol–water partition coefficient (Wildman–Crippen LogP) is 1.38. The molecule has 0 saturated heterocycles. The Bertz CT molecular complexity index is 185. The van der Waals surface area contributed by atoms with Crippen LogP contribution in [0.2, 0.25) is 0 Å².